The average molecular weight is 240 g/mol. The molecule has 1 fully saturated rings. The second kappa shape index (κ2) is 6.05. The molecule has 0 radical (unpaired) electrons. The molecule has 0 unspecified atom stereocenters. The van der Waals surface area contributed by atoms with Crippen molar-refractivity contribution >= 4 is 5.71 Å². The summed E-state index contributed by atoms with van der Waals surface area (Å²) in [5.41, 5.74) is -0.963. The number of nitrogens with zero attached hydrogens (tertiary/aromatic N) is 2. The van der Waals surface area contributed by atoms with Crippen LogP contribution in [-0.4, -0.2) is 56.2 Å². The normalized spacial score (nSPS) is 19.9. The lowest BCUT2D eigenvalue weighted by atomic mass is 10.4. The van der Waals surface area contributed by atoms with Gasteiger partial charge in [0.2, 0.25) is 0 Å². The quantitative estimate of drug-likeness (QED) is 0.421. The van der Waals surface area contributed by atoms with E-state index in [2.05, 4.69) is 14.9 Å². The van der Waals surface area contributed by atoms with Crippen molar-refractivity contribution in [2.75, 3.05) is 39.5 Å². The summed E-state index contributed by atoms with van der Waals surface area (Å²) in [5, 5.41) is 3.01. The lowest BCUT2D eigenvalue weighted by Crippen LogP contribution is -2.38. The largest absolute Gasteiger partial charge is 0.432 e. The second-order valence-corrected chi connectivity index (χ2v) is 3.46. The molecule has 0 bridgehead atoms. The van der Waals surface area contributed by atoms with E-state index >= 15 is 0 Å². The molecule has 1 aliphatic heterocycles. The average Bonchev–Trinajstić information content (AvgIpc) is 2.24. The minimum atomic E-state index is -4.40. The first-order valence-electron chi connectivity index (χ1n) is 5.04. The number of morpholine rings is 1. The predicted octanol–water partition coefficient (Wildman–Crippen LogP) is 1.27. The second-order valence-electron chi connectivity index (χ2n) is 3.46. The van der Waals surface area contributed by atoms with Crippen LogP contribution >= 0.6 is 0 Å². The van der Waals surface area contributed by atoms with Crippen molar-refractivity contribution in [3.63, 3.8) is 0 Å². The van der Waals surface area contributed by atoms with Crippen molar-refractivity contribution < 1.29 is 22.7 Å². The molecule has 1 saturated heterocycles. The Bertz CT molecular complexity index is 237. The number of alkyl halides is 3. The fourth-order valence-corrected chi connectivity index (χ4v) is 1.19. The molecule has 0 atom stereocenters. The van der Waals surface area contributed by atoms with Crippen LogP contribution in [0.25, 0.3) is 0 Å². The minimum absolute atomic E-state index is 0.160. The van der Waals surface area contributed by atoms with Gasteiger partial charge in [0.1, 0.15) is 6.61 Å². The molecule has 0 spiro atoms. The van der Waals surface area contributed by atoms with Crippen LogP contribution in [0, 0.1) is 0 Å². The van der Waals surface area contributed by atoms with Crippen LogP contribution in [0.4, 0.5) is 13.2 Å². The van der Waals surface area contributed by atoms with Crippen LogP contribution in [0.1, 0.15) is 6.92 Å². The van der Waals surface area contributed by atoms with Gasteiger partial charge in [-0.05, 0) is 6.92 Å². The molecule has 1 heterocycles. The Morgan fingerprint density at radius 3 is 2.56 bits per heavy atom. The van der Waals surface area contributed by atoms with Crippen LogP contribution in [0.3, 0.4) is 0 Å². The van der Waals surface area contributed by atoms with Crippen LogP contribution in [0.5, 0.6) is 0 Å². The maximum atomic E-state index is 12.0. The summed E-state index contributed by atoms with van der Waals surface area (Å²) in [7, 11) is 0. The van der Waals surface area contributed by atoms with Crippen LogP contribution in [-0.2, 0) is 9.57 Å². The highest BCUT2D eigenvalue weighted by molar-refractivity contribution is 5.86. The molecular weight excluding hydrogens is 225 g/mol. The summed E-state index contributed by atoms with van der Waals surface area (Å²) in [4.78, 5) is 6.67. The van der Waals surface area contributed by atoms with E-state index in [-0.39, 0.29) is 6.61 Å². The van der Waals surface area contributed by atoms with Crippen molar-refractivity contribution in [3.05, 3.63) is 0 Å². The molecule has 0 aliphatic carbocycles. The zero-order chi connectivity index (χ0) is 12.0. The first-order valence-corrected chi connectivity index (χ1v) is 5.04. The van der Waals surface area contributed by atoms with Gasteiger partial charge in [-0.2, -0.15) is 13.2 Å². The van der Waals surface area contributed by atoms with E-state index in [1.54, 1.807) is 0 Å². The summed E-state index contributed by atoms with van der Waals surface area (Å²) >= 11 is 0. The molecule has 7 heteroatoms. The lowest BCUT2D eigenvalue weighted by Gasteiger charge is -2.25. The monoisotopic (exact) mass is 240 g/mol. The van der Waals surface area contributed by atoms with Crippen molar-refractivity contribution in [1.29, 1.82) is 0 Å². The van der Waals surface area contributed by atoms with Gasteiger partial charge in [-0.25, -0.2) is 0 Å². The van der Waals surface area contributed by atoms with Crippen molar-refractivity contribution in [2.24, 2.45) is 5.16 Å². The maximum Gasteiger partial charge on any atom is 0.432 e. The molecular formula is C9H15F3N2O2. The highest BCUT2D eigenvalue weighted by atomic mass is 19.4. The van der Waals surface area contributed by atoms with E-state index in [1.807, 2.05) is 0 Å². The van der Waals surface area contributed by atoms with E-state index in [1.165, 1.54) is 0 Å². The zero-order valence-electron chi connectivity index (χ0n) is 9.09. The lowest BCUT2D eigenvalue weighted by molar-refractivity contribution is -0.0631. The highest BCUT2D eigenvalue weighted by Crippen LogP contribution is 2.16. The summed E-state index contributed by atoms with van der Waals surface area (Å²) in [6.07, 6.45) is -4.40. The van der Waals surface area contributed by atoms with Gasteiger partial charge >= 0.3 is 6.18 Å². The molecule has 0 amide bonds. The summed E-state index contributed by atoms with van der Waals surface area (Å²) in [6, 6.07) is 0. The number of hydrogen-bond donors (Lipinski definition) is 0. The zero-order valence-corrected chi connectivity index (χ0v) is 9.09. The Morgan fingerprint density at radius 2 is 2.00 bits per heavy atom. The Kier molecular flexibility index (Phi) is 5.01. The molecule has 0 aromatic heterocycles. The van der Waals surface area contributed by atoms with E-state index in [4.69, 9.17) is 4.74 Å². The number of halogens is 3. The van der Waals surface area contributed by atoms with Gasteiger partial charge in [0.05, 0.1) is 13.2 Å². The molecule has 4 nitrogen and oxygen atoms in total. The van der Waals surface area contributed by atoms with Crippen LogP contribution < -0.4 is 0 Å². The molecule has 94 valence electrons. The predicted molar refractivity (Wildman–Crippen MR) is 52.4 cm³/mol. The molecule has 0 aromatic carbocycles. The minimum Gasteiger partial charge on any atom is -0.394 e. The number of oxime groups is 1. The van der Waals surface area contributed by atoms with Gasteiger partial charge < -0.3 is 9.57 Å². The maximum absolute atomic E-state index is 12.0. The Labute approximate surface area is 92.0 Å². The fourth-order valence-electron chi connectivity index (χ4n) is 1.19. The fraction of sp³-hybridized carbons (Fsp3) is 0.889. The van der Waals surface area contributed by atoms with E-state index in [0.29, 0.717) is 19.8 Å². The Hall–Kier alpha value is -0.820. The summed E-state index contributed by atoms with van der Waals surface area (Å²) < 4.78 is 41.1. The van der Waals surface area contributed by atoms with Crippen LogP contribution in [0.2, 0.25) is 0 Å². The standard InChI is InChI=1S/C9H15F3N2O2/c1-8(9(10,11)12)13-16-7-4-14-2-5-15-6-3-14/h2-7H2,1H3/b13-8-. The smallest absolute Gasteiger partial charge is 0.394 e. The van der Waals surface area contributed by atoms with E-state index in [9.17, 15) is 13.2 Å². The molecule has 0 aromatic rings. The third kappa shape index (κ3) is 4.80. The highest BCUT2D eigenvalue weighted by Gasteiger charge is 2.32. The third-order valence-electron chi connectivity index (χ3n) is 2.21. The third-order valence-corrected chi connectivity index (χ3v) is 2.21. The molecule has 1 rings (SSSR count). The summed E-state index contributed by atoms with van der Waals surface area (Å²) in [6.45, 7) is 4.49. The number of hydrogen-bond acceptors (Lipinski definition) is 4. The van der Waals surface area contributed by atoms with Crippen molar-refractivity contribution in [1.82, 2.24) is 4.90 Å². The molecule has 0 N–H and O–H groups in total. The topological polar surface area (TPSA) is 34.1 Å². The van der Waals surface area contributed by atoms with Gasteiger partial charge in [-0.3, -0.25) is 4.90 Å². The van der Waals surface area contributed by atoms with Gasteiger partial charge in [0, 0.05) is 19.6 Å². The van der Waals surface area contributed by atoms with Crippen molar-refractivity contribution in [2.45, 2.75) is 13.1 Å². The van der Waals surface area contributed by atoms with Gasteiger partial charge in [0.25, 0.3) is 0 Å². The SMILES string of the molecule is C/C(=N/OCCN1CCOCC1)C(F)(F)F. The van der Waals surface area contributed by atoms with Crippen LogP contribution in [0.15, 0.2) is 5.16 Å². The number of rotatable bonds is 4. The van der Waals surface area contributed by atoms with E-state index < -0.39 is 11.9 Å². The van der Waals surface area contributed by atoms with E-state index in [0.717, 1.165) is 20.0 Å². The number of ether oxygens (including phenoxy) is 1. The van der Waals surface area contributed by atoms with Gasteiger partial charge in [-0.1, -0.05) is 5.16 Å². The van der Waals surface area contributed by atoms with Gasteiger partial charge in [-0.15, -0.1) is 0 Å². The molecule has 16 heavy (non-hydrogen) atoms. The molecule has 1 aliphatic rings. The Balaban J connectivity index is 2.15. The molecule has 0 saturated carbocycles. The summed E-state index contributed by atoms with van der Waals surface area (Å²) in [5.74, 6) is 0. The first kappa shape index (κ1) is 13.2. The van der Waals surface area contributed by atoms with Crippen molar-refractivity contribution in [3.8, 4) is 0 Å². The Morgan fingerprint density at radius 1 is 1.38 bits per heavy atom. The van der Waals surface area contributed by atoms with Gasteiger partial charge in [0.15, 0.2) is 5.71 Å². The first-order chi connectivity index (χ1) is 7.50.